The fourth-order valence-electron chi connectivity index (χ4n) is 2.53. The van der Waals surface area contributed by atoms with Gasteiger partial charge in [0.15, 0.2) is 0 Å². The molecule has 1 aliphatic carbocycles. The molecule has 2 N–H and O–H groups in total. The van der Waals surface area contributed by atoms with Crippen LogP contribution in [0.15, 0.2) is 48.7 Å². The van der Waals surface area contributed by atoms with E-state index in [1.165, 1.54) is 12.0 Å². The molecule has 18 heavy (non-hydrogen) atoms. The first-order chi connectivity index (χ1) is 8.80. The average molecular weight is 240 g/mol. The highest BCUT2D eigenvalue weighted by atomic mass is 16.2. The summed E-state index contributed by atoms with van der Waals surface area (Å²) in [7, 11) is 0. The zero-order chi connectivity index (χ0) is 12.4. The van der Waals surface area contributed by atoms with Crippen LogP contribution in [0.5, 0.6) is 0 Å². The van der Waals surface area contributed by atoms with Crippen LogP contribution in [0.3, 0.4) is 0 Å². The summed E-state index contributed by atoms with van der Waals surface area (Å²) in [6.07, 6.45) is 4.97. The summed E-state index contributed by atoms with van der Waals surface area (Å²) < 4.78 is 0. The van der Waals surface area contributed by atoms with Gasteiger partial charge in [0.25, 0.3) is 5.91 Å². The molecule has 0 radical (unpaired) electrons. The maximum atomic E-state index is 12.1. The summed E-state index contributed by atoms with van der Waals surface area (Å²) in [4.78, 5) is 15.1. The molecule has 0 aliphatic heterocycles. The van der Waals surface area contributed by atoms with E-state index >= 15 is 0 Å². The molecule has 3 nitrogen and oxygen atoms in total. The topological polar surface area (TPSA) is 44.9 Å². The Morgan fingerprint density at radius 3 is 2.44 bits per heavy atom. The fourth-order valence-corrected chi connectivity index (χ4v) is 2.53. The van der Waals surface area contributed by atoms with E-state index in [4.69, 9.17) is 0 Å². The fraction of sp³-hybridized carbons (Fsp3) is 0.267. The molecular weight excluding hydrogens is 224 g/mol. The van der Waals surface area contributed by atoms with E-state index in [1.54, 1.807) is 12.3 Å². The Morgan fingerprint density at radius 1 is 1.11 bits per heavy atom. The molecule has 1 heterocycles. The van der Waals surface area contributed by atoms with Gasteiger partial charge in [0.05, 0.1) is 5.54 Å². The molecule has 0 atom stereocenters. The summed E-state index contributed by atoms with van der Waals surface area (Å²) in [6.45, 7) is 0. The van der Waals surface area contributed by atoms with Crippen LogP contribution in [-0.4, -0.2) is 10.9 Å². The minimum Gasteiger partial charge on any atom is -0.357 e. The van der Waals surface area contributed by atoms with Crippen molar-refractivity contribution in [3.63, 3.8) is 0 Å². The Morgan fingerprint density at radius 2 is 1.89 bits per heavy atom. The van der Waals surface area contributed by atoms with Crippen LogP contribution in [0.25, 0.3) is 0 Å². The van der Waals surface area contributed by atoms with Crippen LogP contribution in [0.1, 0.15) is 35.3 Å². The normalized spacial score (nSPS) is 16.9. The van der Waals surface area contributed by atoms with Crippen LogP contribution in [0.2, 0.25) is 0 Å². The van der Waals surface area contributed by atoms with Gasteiger partial charge in [0.2, 0.25) is 0 Å². The molecule has 1 saturated carbocycles. The number of hydrogen-bond donors (Lipinski definition) is 2. The van der Waals surface area contributed by atoms with Crippen molar-refractivity contribution in [1.29, 1.82) is 0 Å². The molecule has 1 aromatic carbocycles. The van der Waals surface area contributed by atoms with E-state index in [0.717, 1.165) is 12.8 Å². The summed E-state index contributed by atoms with van der Waals surface area (Å²) in [5.74, 6) is -0.0245. The first kappa shape index (κ1) is 11.1. The first-order valence-electron chi connectivity index (χ1n) is 6.32. The summed E-state index contributed by atoms with van der Waals surface area (Å²) in [5.41, 5.74) is 1.66. The van der Waals surface area contributed by atoms with Crippen molar-refractivity contribution < 1.29 is 4.79 Å². The second-order valence-electron chi connectivity index (χ2n) is 4.84. The third kappa shape index (κ3) is 1.82. The molecule has 2 aromatic rings. The molecule has 1 aromatic heterocycles. The Balaban J connectivity index is 1.83. The maximum absolute atomic E-state index is 12.1. The number of H-pyrrole nitrogens is 1. The van der Waals surface area contributed by atoms with Gasteiger partial charge in [-0.25, -0.2) is 0 Å². The van der Waals surface area contributed by atoms with E-state index in [1.807, 2.05) is 24.3 Å². The molecule has 1 amide bonds. The van der Waals surface area contributed by atoms with Gasteiger partial charge in [-0.05, 0) is 37.0 Å². The predicted octanol–water partition coefficient (Wildman–Crippen LogP) is 2.82. The maximum Gasteiger partial charge on any atom is 0.268 e. The van der Waals surface area contributed by atoms with Crippen LogP contribution in [-0.2, 0) is 5.54 Å². The van der Waals surface area contributed by atoms with Crippen molar-refractivity contribution in [3.8, 4) is 0 Å². The largest absolute Gasteiger partial charge is 0.357 e. The van der Waals surface area contributed by atoms with Crippen LogP contribution >= 0.6 is 0 Å². The highest BCUT2D eigenvalue weighted by Crippen LogP contribution is 2.41. The number of aromatic nitrogens is 1. The van der Waals surface area contributed by atoms with E-state index < -0.39 is 0 Å². The Bertz CT molecular complexity index is 527. The minimum absolute atomic E-state index is 0.0245. The van der Waals surface area contributed by atoms with Crippen molar-refractivity contribution in [3.05, 3.63) is 59.9 Å². The molecule has 1 fully saturated rings. The summed E-state index contributed by atoms with van der Waals surface area (Å²) in [5, 5.41) is 3.18. The van der Waals surface area contributed by atoms with Crippen LogP contribution < -0.4 is 5.32 Å². The summed E-state index contributed by atoms with van der Waals surface area (Å²) >= 11 is 0. The second kappa shape index (κ2) is 4.33. The Hall–Kier alpha value is -2.03. The van der Waals surface area contributed by atoms with Gasteiger partial charge in [0, 0.05) is 6.20 Å². The lowest BCUT2D eigenvalue weighted by Crippen LogP contribution is -2.50. The highest BCUT2D eigenvalue weighted by Gasteiger charge is 2.40. The van der Waals surface area contributed by atoms with Gasteiger partial charge >= 0.3 is 0 Å². The van der Waals surface area contributed by atoms with Crippen LogP contribution in [0, 0.1) is 0 Å². The number of hydrogen-bond acceptors (Lipinski definition) is 1. The lowest BCUT2D eigenvalue weighted by molar-refractivity contribution is 0.0819. The van der Waals surface area contributed by atoms with Crippen molar-refractivity contribution >= 4 is 5.91 Å². The molecule has 3 rings (SSSR count). The Kier molecular flexibility index (Phi) is 2.67. The average Bonchev–Trinajstić information content (AvgIpc) is 2.88. The first-order valence-corrected chi connectivity index (χ1v) is 6.32. The number of carbonyl (C=O) groups excluding carboxylic acids is 1. The molecular formula is C15H16N2O. The zero-order valence-electron chi connectivity index (χ0n) is 10.1. The monoisotopic (exact) mass is 240 g/mol. The third-order valence-corrected chi connectivity index (χ3v) is 3.73. The van der Waals surface area contributed by atoms with Crippen LogP contribution in [0.4, 0.5) is 0 Å². The van der Waals surface area contributed by atoms with E-state index in [-0.39, 0.29) is 11.4 Å². The molecule has 3 heteroatoms. The lowest BCUT2D eigenvalue weighted by Gasteiger charge is -2.43. The van der Waals surface area contributed by atoms with E-state index in [2.05, 4.69) is 22.4 Å². The third-order valence-electron chi connectivity index (χ3n) is 3.73. The second-order valence-corrected chi connectivity index (χ2v) is 4.84. The van der Waals surface area contributed by atoms with Crippen molar-refractivity contribution in [2.75, 3.05) is 0 Å². The van der Waals surface area contributed by atoms with Gasteiger partial charge in [-0.2, -0.15) is 0 Å². The van der Waals surface area contributed by atoms with Gasteiger partial charge in [0.1, 0.15) is 5.69 Å². The number of carbonyl (C=O) groups is 1. The number of benzene rings is 1. The molecule has 0 unspecified atom stereocenters. The van der Waals surface area contributed by atoms with Crippen molar-refractivity contribution in [1.82, 2.24) is 10.3 Å². The minimum atomic E-state index is -0.163. The number of amides is 1. The van der Waals surface area contributed by atoms with Gasteiger partial charge < -0.3 is 10.3 Å². The molecule has 0 spiro atoms. The Labute approximate surface area is 106 Å². The molecule has 92 valence electrons. The van der Waals surface area contributed by atoms with Crippen molar-refractivity contribution in [2.24, 2.45) is 0 Å². The van der Waals surface area contributed by atoms with E-state index in [0.29, 0.717) is 5.69 Å². The lowest BCUT2D eigenvalue weighted by atomic mass is 9.71. The standard InChI is InChI=1S/C15H16N2O/c18-14(13-8-4-11-16-13)17-15(9-5-10-15)12-6-2-1-3-7-12/h1-4,6-8,11,16H,5,9-10H2,(H,17,18). The summed E-state index contributed by atoms with van der Waals surface area (Å²) in [6, 6.07) is 13.9. The van der Waals surface area contributed by atoms with Gasteiger partial charge in [-0.3, -0.25) is 4.79 Å². The zero-order valence-corrected chi connectivity index (χ0v) is 10.1. The highest BCUT2D eigenvalue weighted by molar-refractivity contribution is 5.93. The number of nitrogens with one attached hydrogen (secondary N) is 2. The number of rotatable bonds is 3. The molecule has 1 aliphatic rings. The van der Waals surface area contributed by atoms with Gasteiger partial charge in [-0.15, -0.1) is 0 Å². The van der Waals surface area contributed by atoms with E-state index in [9.17, 15) is 4.79 Å². The van der Waals surface area contributed by atoms with Gasteiger partial charge in [-0.1, -0.05) is 30.3 Å². The SMILES string of the molecule is O=C(NC1(c2ccccc2)CCC1)c1ccc[nH]1. The molecule has 0 bridgehead atoms. The number of aromatic amines is 1. The molecule has 0 saturated heterocycles. The predicted molar refractivity (Wildman–Crippen MR) is 70.2 cm³/mol. The smallest absolute Gasteiger partial charge is 0.268 e. The van der Waals surface area contributed by atoms with Crippen molar-refractivity contribution in [2.45, 2.75) is 24.8 Å². The quantitative estimate of drug-likeness (QED) is 0.851.